The first-order valence-electron chi connectivity index (χ1n) is 5.28. The fourth-order valence-corrected chi connectivity index (χ4v) is 2.58. The third kappa shape index (κ3) is 6.09. The van der Waals surface area contributed by atoms with Crippen LogP contribution in [0.4, 0.5) is 0 Å². The van der Waals surface area contributed by atoms with E-state index in [0.29, 0.717) is 19.4 Å². The van der Waals surface area contributed by atoms with Gasteiger partial charge in [-0.2, -0.15) is 13.1 Å². The van der Waals surface area contributed by atoms with Gasteiger partial charge in [-0.1, -0.05) is 13.8 Å². The molecule has 6 heteroatoms. The number of hydrogen-bond acceptors (Lipinski definition) is 3. The minimum absolute atomic E-state index is 0.0271. The summed E-state index contributed by atoms with van der Waals surface area (Å²) in [6, 6.07) is 0. The first-order chi connectivity index (χ1) is 6.89. The molecule has 0 aliphatic rings. The van der Waals surface area contributed by atoms with Crippen molar-refractivity contribution in [3.8, 4) is 0 Å². The highest BCUT2D eigenvalue weighted by Gasteiger charge is 2.26. The lowest BCUT2D eigenvalue weighted by Crippen LogP contribution is -2.50. The third-order valence-corrected chi connectivity index (χ3v) is 3.71. The van der Waals surface area contributed by atoms with E-state index < -0.39 is 15.7 Å². The van der Waals surface area contributed by atoms with E-state index in [4.69, 9.17) is 5.11 Å². The average Bonchev–Trinajstić information content (AvgIpc) is 2.14. The molecule has 3 N–H and O–H groups in total. The highest BCUT2D eigenvalue weighted by molar-refractivity contribution is 7.87. The number of rotatable bonds is 8. The van der Waals surface area contributed by atoms with Gasteiger partial charge in [-0.25, -0.2) is 4.72 Å². The maximum Gasteiger partial charge on any atom is 0.277 e. The molecular formula is C9H22N2O3S. The smallest absolute Gasteiger partial charge is 0.277 e. The zero-order chi connectivity index (χ0) is 11.9. The number of nitrogens with one attached hydrogen (secondary N) is 2. The third-order valence-electron chi connectivity index (χ3n) is 2.37. The molecule has 5 nitrogen and oxygen atoms in total. The summed E-state index contributed by atoms with van der Waals surface area (Å²) in [7, 11) is -3.45. The van der Waals surface area contributed by atoms with Gasteiger partial charge in [0.15, 0.2) is 0 Å². The molecule has 0 aromatic carbocycles. The Labute approximate surface area is 92.4 Å². The van der Waals surface area contributed by atoms with Gasteiger partial charge in [0, 0.05) is 18.7 Å². The van der Waals surface area contributed by atoms with E-state index >= 15 is 0 Å². The van der Waals surface area contributed by atoms with Gasteiger partial charge in [-0.3, -0.25) is 0 Å². The summed E-state index contributed by atoms with van der Waals surface area (Å²) < 4.78 is 28.1. The van der Waals surface area contributed by atoms with Gasteiger partial charge in [0.1, 0.15) is 0 Å². The lowest BCUT2D eigenvalue weighted by molar-refractivity contribution is 0.233. The Morgan fingerprint density at radius 2 is 1.93 bits per heavy atom. The van der Waals surface area contributed by atoms with Crippen LogP contribution < -0.4 is 9.44 Å². The fourth-order valence-electron chi connectivity index (χ4n) is 1.14. The van der Waals surface area contributed by atoms with Crippen LogP contribution in [0.3, 0.4) is 0 Å². The predicted octanol–water partition coefficient (Wildman–Crippen LogP) is 0.372. The lowest BCUT2D eigenvalue weighted by Gasteiger charge is -2.28. The van der Waals surface area contributed by atoms with Crippen molar-refractivity contribution in [2.45, 2.75) is 45.6 Å². The molecule has 0 saturated carbocycles. The zero-order valence-electron chi connectivity index (χ0n) is 9.71. The summed E-state index contributed by atoms with van der Waals surface area (Å²) in [6.45, 7) is 5.97. The Balaban J connectivity index is 4.39. The number of hydrogen-bond donors (Lipinski definition) is 3. The number of aliphatic hydroxyl groups excluding tert-OH is 1. The first kappa shape index (κ1) is 14.8. The summed E-state index contributed by atoms with van der Waals surface area (Å²) in [5.74, 6) is 0. The molecule has 1 unspecified atom stereocenters. The van der Waals surface area contributed by atoms with E-state index in [2.05, 4.69) is 9.44 Å². The van der Waals surface area contributed by atoms with Crippen molar-refractivity contribution in [1.82, 2.24) is 9.44 Å². The van der Waals surface area contributed by atoms with E-state index in [1.807, 2.05) is 13.8 Å². The normalized spacial score (nSPS) is 16.3. The molecule has 1 atom stereocenters. The van der Waals surface area contributed by atoms with Crippen molar-refractivity contribution in [2.24, 2.45) is 0 Å². The van der Waals surface area contributed by atoms with Crippen LogP contribution in [0.15, 0.2) is 0 Å². The highest BCUT2D eigenvalue weighted by Crippen LogP contribution is 2.14. The van der Waals surface area contributed by atoms with Crippen LogP contribution in [0.5, 0.6) is 0 Å². The molecule has 0 rings (SSSR count). The molecule has 0 fully saturated rings. The number of aliphatic hydroxyl groups is 1. The van der Waals surface area contributed by atoms with E-state index in [-0.39, 0.29) is 6.61 Å². The molecule has 0 aromatic heterocycles. The van der Waals surface area contributed by atoms with Crippen molar-refractivity contribution in [2.75, 3.05) is 13.2 Å². The minimum Gasteiger partial charge on any atom is -0.396 e. The zero-order valence-corrected chi connectivity index (χ0v) is 10.5. The van der Waals surface area contributed by atoms with Crippen molar-refractivity contribution in [3.63, 3.8) is 0 Å². The Hall–Kier alpha value is -0.170. The summed E-state index contributed by atoms with van der Waals surface area (Å²) in [5, 5.41) is 8.85. The van der Waals surface area contributed by atoms with Crippen molar-refractivity contribution < 1.29 is 13.5 Å². The molecular weight excluding hydrogens is 216 g/mol. The minimum atomic E-state index is -3.45. The molecule has 0 aliphatic heterocycles. The second-order valence-electron chi connectivity index (χ2n) is 3.89. The van der Waals surface area contributed by atoms with E-state index in [0.717, 1.165) is 6.42 Å². The van der Waals surface area contributed by atoms with Crippen LogP contribution >= 0.6 is 0 Å². The maximum atomic E-state index is 11.5. The van der Waals surface area contributed by atoms with Crippen LogP contribution in [0, 0.1) is 0 Å². The van der Waals surface area contributed by atoms with Gasteiger partial charge < -0.3 is 5.11 Å². The fraction of sp³-hybridized carbons (Fsp3) is 1.00. The van der Waals surface area contributed by atoms with E-state index in [1.54, 1.807) is 6.92 Å². The molecule has 0 aromatic rings. The summed E-state index contributed by atoms with van der Waals surface area (Å²) >= 11 is 0. The van der Waals surface area contributed by atoms with Crippen molar-refractivity contribution >= 4 is 10.2 Å². The van der Waals surface area contributed by atoms with Crippen molar-refractivity contribution in [1.29, 1.82) is 0 Å². The largest absolute Gasteiger partial charge is 0.396 e. The highest BCUT2D eigenvalue weighted by atomic mass is 32.2. The molecule has 0 bridgehead atoms. The van der Waals surface area contributed by atoms with Crippen LogP contribution in [0.25, 0.3) is 0 Å². The van der Waals surface area contributed by atoms with Gasteiger partial charge in [-0.15, -0.1) is 0 Å². The van der Waals surface area contributed by atoms with Crippen LogP contribution in [0.1, 0.15) is 40.0 Å². The lowest BCUT2D eigenvalue weighted by atomic mass is 9.97. The Morgan fingerprint density at radius 1 is 1.33 bits per heavy atom. The maximum absolute atomic E-state index is 11.5. The van der Waals surface area contributed by atoms with E-state index in [9.17, 15) is 8.42 Å². The molecule has 0 saturated heterocycles. The van der Waals surface area contributed by atoms with Gasteiger partial charge in [0.2, 0.25) is 0 Å². The average molecular weight is 238 g/mol. The quantitative estimate of drug-likeness (QED) is 0.572. The molecule has 0 spiro atoms. The predicted molar refractivity (Wildman–Crippen MR) is 60.7 cm³/mol. The van der Waals surface area contributed by atoms with Crippen molar-refractivity contribution in [3.05, 3.63) is 0 Å². The SMILES string of the molecule is CCCNS(=O)(=O)NC(C)(CC)CCO. The van der Waals surface area contributed by atoms with Gasteiger partial charge >= 0.3 is 0 Å². The van der Waals surface area contributed by atoms with Crippen LogP contribution in [-0.4, -0.2) is 32.2 Å². The molecule has 0 heterocycles. The van der Waals surface area contributed by atoms with E-state index in [1.165, 1.54) is 0 Å². The second-order valence-corrected chi connectivity index (χ2v) is 5.39. The second kappa shape index (κ2) is 6.42. The topological polar surface area (TPSA) is 78.4 Å². The van der Waals surface area contributed by atoms with Crippen LogP contribution in [0.2, 0.25) is 0 Å². The molecule has 0 amide bonds. The molecule has 0 radical (unpaired) electrons. The first-order valence-corrected chi connectivity index (χ1v) is 6.77. The Morgan fingerprint density at radius 3 is 2.33 bits per heavy atom. The van der Waals surface area contributed by atoms with Gasteiger partial charge in [-0.05, 0) is 26.2 Å². The molecule has 92 valence electrons. The summed E-state index contributed by atoms with van der Waals surface area (Å²) in [4.78, 5) is 0. The van der Waals surface area contributed by atoms with Gasteiger partial charge in [0.05, 0.1) is 0 Å². The van der Waals surface area contributed by atoms with Crippen LogP contribution in [-0.2, 0) is 10.2 Å². The molecule has 0 aliphatic carbocycles. The monoisotopic (exact) mass is 238 g/mol. The standard InChI is InChI=1S/C9H22N2O3S/c1-4-7-10-15(13,14)11-9(3,5-2)6-8-12/h10-12H,4-8H2,1-3H3. The Bertz CT molecular complexity index is 267. The Kier molecular flexibility index (Phi) is 6.35. The van der Waals surface area contributed by atoms with Gasteiger partial charge in [0.25, 0.3) is 10.2 Å². The molecule has 15 heavy (non-hydrogen) atoms. The summed E-state index contributed by atoms with van der Waals surface area (Å²) in [5.41, 5.74) is -0.575. The summed E-state index contributed by atoms with van der Waals surface area (Å²) in [6.07, 6.45) is 1.81.